The molecule has 0 heterocycles. The fraction of sp³-hybridized carbons (Fsp3) is 0.533. The molecule has 0 unspecified atom stereocenters. The van der Waals surface area contributed by atoms with Gasteiger partial charge in [-0.1, -0.05) is 0 Å². The highest BCUT2D eigenvalue weighted by Crippen LogP contribution is 2.23. The molecule has 0 aliphatic heterocycles. The first-order valence-corrected chi connectivity index (χ1v) is 6.78. The number of nitrogens with zero attached hydrogens (tertiary/aromatic N) is 1. The SMILES string of the molecule is CN=C(NCCc1cc(OC)ccc1OC)NC(C)C.I. The van der Waals surface area contributed by atoms with E-state index in [2.05, 4.69) is 29.5 Å². The Bertz CT molecular complexity index is 451. The molecule has 0 atom stereocenters. The number of guanidine groups is 1. The Hall–Kier alpha value is -1.18. The molecule has 5 nitrogen and oxygen atoms in total. The molecule has 0 bridgehead atoms. The van der Waals surface area contributed by atoms with E-state index in [4.69, 9.17) is 9.47 Å². The summed E-state index contributed by atoms with van der Waals surface area (Å²) < 4.78 is 10.6. The number of aliphatic imine (C=N–C) groups is 1. The Balaban J connectivity index is 0.00000400. The van der Waals surface area contributed by atoms with Gasteiger partial charge in [-0.2, -0.15) is 0 Å². The first-order valence-electron chi connectivity index (χ1n) is 6.78. The maximum atomic E-state index is 5.36. The van der Waals surface area contributed by atoms with Gasteiger partial charge in [0.2, 0.25) is 0 Å². The Kier molecular flexibility index (Phi) is 9.94. The molecule has 0 spiro atoms. The van der Waals surface area contributed by atoms with Gasteiger partial charge in [0.25, 0.3) is 0 Å². The smallest absolute Gasteiger partial charge is 0.191 e. The molecule has 0 fully saturated rings. The van der Waals surface area contributed by atoms with E-state index >= 15 is 0 Å². The molecule has 2 N–H and O–H groups in total. The second-order valence-electron chi connectivity index (χ2n) is 4.73. The van der Waals surface area contributed by atoms with Gasteiger partial charge in [0.05, 0.1) is 14.2 Å². The molecule has 0 aliphatic carbocycles. The highest BCUT2D eigenvalue weighted by Gasteiger charge is 2.06. The van der Waals surface area contributed by atoms with Crippen LogP contribution in [-0.2, 0) is 6.42 Å². The summed E-state index contributed by atoms with van der Waals surface area (Å²) in [5.74, 6) is 2.52. The van der Waals surface area contributed by atoms with Gasteiger partial charge in [0.15, 0.2) is 5.96 Å². The molecule has 21 heavy (non-hydrogen) atoms. The lowest BCUT2D eigenvalue weighted by atomic mass is 10.1. The molecule has 1 aromatic rings. The van der Waals surface area contributed by atoms with Crippen LogP contribution in [0.1, 0.15) is 19.4 Å². The number of hydrogen-bond donors (Lipinski definition) is 2. The summed E-state index contributed by atoms with van der Waals surface area (Å²) in [6.07, 6.45) is 0.833. The molecule has 1 aromatic carbocycles. The van der Waals surface area contributed by atoms with Gasteiger partial charge >= 0.3 is 0 Å². The number of ether oxygens (including phenoxy) is 2. The zero-order valence-electron chi connectivity index (χ0n) is 13.4. The molecule has 1 rings (SSSR count). The van der Waals surface area contributed by atoms with Crippen molar-refractivity contribution in [3.8, 4) is 11.5 Å². The third-order valence-corrected chi connectivity index (χ3v) is 2.82. The molecule has 0 saturated heterocycles. The van der Waals surface area contributed by atoms with Gasteiger partial charge in [-0.15, -0.1) is 24.0 Å². The number of rotatable bonds is 6. The summed E-state index contributed by atoms with van der Waals surface area (Å²) in [5, 5.41) is 6.53. The van der Waals surface area contributed by atoms with Crippen molar-refractivity contribution < 1.29 is 9.47 Å². The fourth-order valence-corrected chi connectivity index (χ4v) is 1.86. The summed E-state index contributed by atoms with van der Waals surface area (Å²) in [6, 6.07) is 6.18. The minimum atomic E-state index is 0. The molecular weight excluding hydrogens is 381 g/mol. The van der Waals surface area contributed by atoms with Crippen LogP contribution in [0.25, 0.3) is 0 Å². The van der Waals surface area contributed by atoms with Crippen LogP contribution < -0.4 is 20.1 Å². The topological polar surface area (TPSA) is 54.9 Å². The van der Waals surface area contributed by atoms with Crippen molar-refractivity contribution in [2.24, 2.45) is 4.99 Å². The Morgan fingerprint density at radius 1 is 1.24 bits per heavy atom. The highest BCUT2D eigenvalue weighted by atomic mass is 127. The summed E-state index contributed by atoms with van der Waals surface area (Å²) >= 11 is 0. The van der Waals surface area contributed by atoms with E-state index < -0.39 is 0 Å². The number of methoxy groups -OCH3 is 2. The summed E-state index contributed by atoms with van der Waals surface area (Å²) in [4.78, 5) is 4.17. The zero-order chi connectivity index (χ0) is 15.0. The maximum Gasteiger partial charge on any atom is 0.191 e. The van der Waals surface area contributed by atoms with Gasteiger partial charge in [0.1, 0.15) is 11.5 Å². The third-order valence-electron chi connectivity index (χ3n) is 2.82. The third kappa shape index (κ3) is 6.88. The molecule has 6 heteroatoms. The van der Waals surface area contributed by atoms with Crippen molar-refractivity contribution in [2.45, 2.75) is 26.3 Å². The van der Waals surface area contributed by atoms with Crippen LogP contribution in [0, 0.1) is 0 Å². The quantitative estimate of drug-likeness (QED) is 0.432. The van der Waals surface area contributed by atoms with Crippen LogP contribution in [0.5, 0.6) is 11.5 Å². The van der Waals surface area contributed by atoms with Gasteiger partial charge in [-0.05, 0) is 44.0 Å². The van der Waals surface area contributed by atoms with E-state index in [0.717, 1.165) is 36.0 Å². The average Bonchev–Trinajstić information content (AvgIpc) is 2.45. The number of halogens is 1. The van der Waals surface area contributed by atoms with Crippen molar-refractivity contribution >= 4 is 29.9 Å². The zero-order valence-corrected chi connectivity index (χ0v) is 15.7. The van der Waals surface area contributed by atoms with E-state index in [1.807, 2.05) is 18.2 Å². The molecule has 0 amide bonds. The van der Waals surface area contributed by atoms with E-state index in [1.54, 1.807) is 21.3 Å². The number of nitrogens with one attached hydrogen (secondary N) is 2. The van der Waals surface area contributed by atoms with Crippen LogP contribution >= 0.6 is 24.0 Å². The van der Waals surface area contributed by atoms with Crippen molar-refractivity contribution in [1.82, 2.24) is 10.6 Å². The monoisotopic (exact) mass is 407 g/mol. The van der Waals surface area contributed by atoms with Crippen molar-refractivity contribution in [2.75, 3.05) is 27.8 Å². The molecule has 0 aromatic heterocycles. The standard InChI is InChI=1S/C15H25N3O2.HI/c1-11(2)18-15(16-3)17-9-8-12-10-13(19-4)6-7-14(12)20-5;/h6-7,10-11H,8-9H2,1-5H3,(H2,16,17,18);1H. The minimum Gasteiger partial charge on any atom is -0.497 e. The molecule has 120 valence electrons. The predicted octanol–water partition coefficient (Wildman–Crippen LogP) is 2.44. The minimum absolute atomic E-state index is 0. The van der Waals surface area contributed by atoms with Crippen molar-refractivity contribution in [1.29, 1.82) is 0 Å². The summed E-state index contributed by atoms with van der Waals surface area (Å²) in [5.41, 5.74) is 1.11. The van der Waals surface area contributed by atoms with Gasteiger partial charge < -0.3 is 20.1 Å². The van der Waals surface area contributed by atoms with E-state index in [9.17, 15) is 0 Å². The van der Waals surface area contributed by atoms with E-state index in [1.165, 1.54) is 0 Å². The molecular formula is C15H26IN3O2. The molecule has 0 aliphatic rings. The average molecular weight is 407 g/mol. The second kappa shape index (κ2) is 10.5. The van der Waals surface area contributed by atoms with Crippen molar-refractivity contribution in [3.05, 3.63) is 23.8 Å². The number of hydrogen-bond acceptors (Lipinski definition) is 3. The predicted molar refractivity (Wildman–Crippen MR) is 98.3 cm³/mol. The van der Waals surface area contributed by atoms with Crippen LogP contribution in [0.15, 0.2) is 23.2 Å². The van der Waals surface area contributed by atoms with Crippen LogP contribution in [0.2, 0.25) is 0 Å². The highest BCUT2D eigenvalue weighted by molar-refractivity contribution is 14.0. The first kappa shape index (κ1) is 19.8. The molecule has 0 radical (unpaired) electrons. The lowest BCUT2D eigenvalue weighted by Crippen LogP contribution is -2.41. The summed E-state index contributed by atoms with van der Waals surface area (Å²) in [6.45, 7) is 4.94. The largest absolute Gasteiger partial charge is 0.497 e. The Morgan fingerprint density at radius 2 is 1.95 bits per heavy atom. The molecule has 0 saturated carbocycles. The maximum absolute atomic E-state index is 5.36. The number of benzene rings is 1. The summed E-state index contributed by atoms with van der Waals surface area (Å²) in [7, 11) is 5.11. The lowest BCUT2D eigenvalue weighted by Gasteiger charge is -2.15. The van der Waals surface area contributed by atoms with Crippen LogP contribution in [-0.4, -0.2) is 39.8 Å². The second-order valence-corrected chi connectivity index (χ2v) is 4.73. The van der Waals surface area contributed by atoms with Gasteiger partial charge in [-0.25, -0.2) is 0 Å². The van der Waals surface area contributed by atoms with Gasteiger partial charge in [-0.3, -0.25) is 4.99 Å². The van der Waals surface area contributed by atoms with Crippen LogP contribution in [0.3, 0.4) is 0 Å². The van der Waals surface area contributed by atoms with Crippen LogP contribution in [0.4, 0.5) is 0 Å². The fourth-order valence-electron chi connectivity index (χ4n) is 1.86. The first-order chi connectivity index (χ1) is 9.60. The van der Waals surface area contributed by atoms with E-state index in [-0.39, 0.29) is 24.0 Å². The normalized spacial score (nSPS) is 10.9. The van der Waals surface area contributed by atoms with Crippen molar-refractivity contribution in [3.63, 3.8) is 0 Å². The van der Waals surface area contributed by atoms with Gasteiger partial charge in [0, 0.05) is 19.6 Å². The lowest BCUT2D eigenvalue weighted by molar-refractivity contribution is 0.398. The Labute approximate surface area is 144 Å². The van der Waals surface area contributed by atoms with E-state index in [0.29, 0.717) is 6.04 Å². The Morgan fingerprint density at radius 3 is 2.48 bits per heavy atom.